The van der Waals surface area contributed by atoms with Crippen LogP contribution in [0, 0.1) is 0 Å². The van der Waals surface area contributed by atoms with Crippen LogP contribution in [0.15, 0.2) is 10.9 Å². The van der Waals surface area contributed by atoms with Crippen molar-refractivity contribution in [2.75, 3.05) is 14.2 Å². The Morgan fingerprint density at radius 3 is 2.59 bits per heavy atom. The quantitative estimate of drug-likeness (QED) is 0.807. The molecule has 0 bridgehead atoms. The van der Waals surface area contributed by atoms with Crippen molar-refractivity contribution >= 4 is 5.97 Å². The molecule has 0 spiro atoms. The molecule has 5 nitrogen and oxygen atoms in total. The molecule has 94 valence electrons. The normalized spacial score (nSPS) is 10.4. The zero-order chi connectivity index (χ0) is 13.0. The number of halogens is 2. The third-order valence-electron chi connectivity index (χ3n) is 2.12. The van der Waals surface area contributed by atoms with Gasteiger partial charge in [0.25, 0.3) is 12.0 Å². The van der Waals surface area contributed by atoms with Crippen LogP contribution in [-0.4, -0.2) is 25.2 Å². The Hall–Kier alpha value is -1.92. The fourth-order valence-corrected chi connectivity index (χ4v) is 1.27. The van der Waals surface area contributed by atoms with E-state index >= 15 is 0 Å². The number of pyridine rings is 1. The minimum atomic E-state index is -2.82. The molecule has 0 unspecified atom stereocenters. The molecule has 0 saturated heterocycles. The summed E-state index contributed by atoms with van der Waals surface area (Å²) in [4.78, 5) is 24.5. The molecule has 0 aromatic carbocycles. The van der Waals surface area contributed by atoms with Gasteiger partial charge in [-0.05, 0) is 0 Å². The molecule has 1 heterocycles. The van der Waals surface area contributed by atoms with E-state index in [1.807, 2.05) is 4.98 Å². The van der Waals surface area contributed by atoms with Gasteiger partial charge in [0.15, 0.2) is 0 Å². The number of H-pyrrole nitrogens is 1. The number of carbonyl (C=O) groups excluding carboxylic acids is 1. The van der Waals surface area contributed by atoms with Gasteiger partial charge in [0, 0.05) is 6.07 Å². The zero-order valence-corrected chi connectivity index (χ0v) is 9.25. The standard InChI is InChI=1S/C10H11F2NO4/c1-16-7-4-6(9(11)12)13-10(15)5(7)3-8(14)17-2/h4,9H,3H2,1-2H3,(H,13,15). The number of hydrogen-bond acceptors (Lipinski definition) is 4. The fourth-order valence-electron chi connectivity index (χ4n) is 1.27. The first-order valence-electron chi connectivity index (χ1n) is 4.64. The van der Waals surface area contributed by atoms with Crippen molar-refractivity contribution in [2.45, 2.75) is 12.8 Å². The number of esters is 1. The maximum Gasteiger partial charge on any atom is 0.310 e. The Morgan fingerprint density at radius 2 is 2.12 bits per heavy atom. The molecule has 0 amide bonds. The highest BCUT2D eigenvalue weighted by Gasteiger charge is 2.17. The van der Waals surface area contributed by atoms with Crippen LogP contribution in [0.1, 0.15) is 17.7 Å². The summed E-state index contributed by atoms with van der Waals surface area (Å²) in [6.07, 6.45) is -3.15. The van der Waals surface area contributed by atoms with Crippen LogP contribution in [0.3, 0.4) is 0 Å². The van der Waals surface area contributed by atoms with E-state index in [0.29, 0.717) is 0 Å². The molecule has 0 aliphatic carbocycles. The maximum atomic E-state index is 12.4. The minimum absolute atomic E-state index is 0.0382. The van der Waals surface area contributed by atoms with Crippen molar-refractivity contribution in [1.29, 1.82) is 0 Å². The van der Waals surface area contributed by atoms with Gasteiger partial charge in [-0.2, -0.15) is 0 Å². The zero-order valence-electron chi connectivity index (χ0n) is 9.25. The Bertz CT molecular complexity index is 470. The predicted octanol–water partition coefficient (Wildman–Crippen LogP) is 1.04. The fraction of sp³-hybridized carbons (Fsp3) is 0.400. The SMILES string of the molecule is COC(=O)Cc1c(OC)cc(C(F)F)[nH]c1=O. The molecule has 0 radical (unpaired) electrons. The van der Waals surface area contributed by atoms with Gasteiger partial charge in [0.2, 0.25) is 0 Å². The molecule has 0 atom stereocenters. The van der Waals surface area contributed by atoms with Crippen LogP contribution in [-0.2, 0) is 16.0 Å². The monoisotopic (exact) mass is 247 g/mol. The Balaban J connectivity index is 3.21. The summed E-state index contributed by atoms with van der Waals surface area (Å²) in [5, 5.41) is 0. The lowest BCUT2D eigenvalue weighted by molar-refractivity contribution is -0.139. The maximum absolute atomic E-state index is 12.4. The summed E-state index contributed by atoms with van der Waals surface area (Å²) in [5.74, 6) is -0.715. The average Bonchev–Trinajstić information content (AvgIpc) is 2.30. The van der Waals surface area contributed by atoms with Gasteiger partial charge >= 0.3 is 5.97 Å². The Kier molecular flexibility index (Phi) is 4.19. The van der Waals surface area contributed by atoms with Crippen molar-refractivity contribution in [1.82, 2.24) is 4.98 Å². The van der Waals surface area contributed by atoms with Crippen LogP contribution < -0.4 is 10.3 Å². The molecule has 17 heavy (non-hydrogen) atoms. The number of carbonyl (C=O) groups is 1. The molecule has 1 aromatic heterocycles. The highest BCUT2D eigenvalue weighted by molar-refractivity contribution is 5.73. The Labute approximate surface area is 95.4 Å². The smallest absolute Gasteiger partial charge is 0.310 e. The van der Waals surface area contributed by atoms with E-state index in [1.165, 1.54) is 7.11 Å². The highest BCUT2D eigenvalue weighted by Crippen LogP contribution is 2.22. The molecule has 1 N–H and O–H groups in total. The van der Waals surface area contributed by atoms with Crippen LogP contribution in [0.5, 0.6) is 5.75 Å². The van der Waals surface area contributed by atoms with Gasteiger partial charge < -0.3 is 14.5 Å². The third kappa shape index (κ3) is 3.02. The van der Waals surface area contributed by atoms with E-state index in [0.717, 1.165) is 13.2 Å². The van der Waals surface area contributed by atoms with E-state index in [2.05, 4.69) is 4.74 Å². The summed E-state index contributed by atoms with van der Waals surface area (Å²) in [6, 6.07) is 0.990. The number of methoxy groups -OCH3 is 2. The largest absolute Gasteiger partial charge is 0.496 e. The lowest BCUT2D eigenvalue weighted by atomic mass is 10.1. The predicted molar refractivity (Wildman–Crippen MR) is 54.3 cm³/mol. The van der Waals surface area contributed by atoms with Gasteiger partial charge in [-0.1, -0.05) is 0 Å². The number of ether oxygens (including phenoxy) is 2. The van der Waals surface area contributed by atoms with Gasteiger partial charge in [0.05, 0.1) is 31.9 Å². The van der Waals surface area contributed by atoms with Crippen LogP contribution >= 0.6 is 0 Å². The summed E-state index contributed by atoms with van der Waals surface area (Å²) in [6.45, 7) is 0. The van der Waals surface area contributed by atoms with Gasteiger partial charge in [0.1, 0.15) is 5.75 Å². The molecule has 7 heteroatoms. The number of hydrogen-bond donors (Lipinski definition) is 1. The average molecular weight is 247 g/mol. The topological polar surface area (TPSA) is 68.4 Å². The van der Waals surface area contributed by atoms with E-state index in [-0.39, 0.29) is 17.7 Å². The number of nitrogens with one attached hydrogen (secondary N) is 1. The lowest BCUT2D eigenvalue weighted by Crippen LogP contribution is -2.20. The summed E-state index contributed by atoms with van der Waals surface area (Å²) >= 11 is 0. The first kappa shape index (κ1) is 13.1. The minimum Gasteiger partial charge on any atom is -0.496 e. The summed E-state index contributed by atoms with van der Waals surface area (Å²) in [5.41, 5.74) is -1.38. The first-order chi connectivity index (χ1) is 7.99. The number of aromatic nitrogens is 1. The molecule has 1 aromatic rings. The second-order valence-electron chi connectivity index (χ2n) is 3.15. The Morgan fingerprint density at radius 1 is 1.47 bits per heavy atom. The van der Waals surface area contributed by atoms with Crippen LogP contribution in [0.4, 0.5) is 8.78 Å². The number of rotatable bonds is 4. The number of alkyl halides is 2. The lowest BCUT2D eigenvalue weighted by Gasteiger charge is -2.08. The summed E-state index contributed by atoms with van der Waals surface area (Å²) < 4.78 is 34.0. The molecule has 0 fully saturated rings. The van der Waals surface area contributed by atoms with Crippen LogP contribution in [0.25, 0.3) is 0 Å². The van der Waals surface area contributed by atoms with Crippen molar-refractivity contribution in [3.05, 3.63) is 27.7 Å². The van der Waals surface area contributed by atoms with Crippen molar-refractivity contribution in [2.24, 2.45) is 0 Å². The third-order valence-corrected chi connectivity index (χ3v) is 2.12. The second-order valence-corrected chi connectivity index (χ2v) is 3.15. The van der Waals surface area contributed by atoms with Crippen molar-refractivity contribution < 1.29 is 23.0 Å². The molecular formula is C10H11F2NO4. The number of aromatic amines is 1. The first-order valence-corrected chi connectivity index (χ1v) is 4.64. The van der Waals surface area contributed by atoms with Gasteiger partial charge in [-0.3, -0.25) is 9.59 Å². The molecular weight excluding hydrogens is 236 g/mol. The summed E-state index contributed by atoms with van der Waals surface area (Å²) in [7, 11) is 2.39. The molecule has 0 aliphatic heterocycles. The molecule has 0 saturated carbocycles. The van der Waals surface area contributed by atoms with Crippen molar-refractivity contribution in [3.8, 4) is 5.75 Å². The highest BCUT2D eigenvalue weighted by atomic mass is 19.3. The van der Waals surface area contributed by atoms with E-state index in [9.17, 15) is 18.4 Å². The second kappa shape index (κ2) is 5.42. The molecule has 1 rings (SSSR count). The van der Waals surface area contributed by atoms with E-state index in [4.69, 9.17) is 4.74 Å². The van der Waals surface area contributed by atoms with Crippen LogP contribution in [0.2, 0.25) is 0 Å². The molecule has 0 aliphatic rings. The van der Waals surface area contributed by atoms with Crippen molar-refractivity contribution in [3.63, 3.8) is 0 Å². The van der Waals surface area contributed by atoms with Gasteiger partial charge in [-0.15, -0.1) is 0 Å². The van der Waals surface area contributed by atoms with Gasteiger partial charge in [-0.25, -0.2) is 8.78 Å². The van der Waals surface area contributed by atoms with E-state index < -0.39 is 23.6 Å². The van der Waals surface area contributed by atoms with E-state index in [1.54, 1.807) is 0 Å².